The normalized spacial score (nSPS) is 17.2. The number of amides is 1. The van der Waals surface area contributed by atoms with Crippen LogP contribution in [0.15, 0.2) is 42.9 Å². The molecule has 1 aromatic carbocycles. The molecule has 6 nitrogen and oxygen atoms in total. The Hall–Kier alpha value is -3.16. The van der Waals surface area contributed by atoms with E-state index in [9.17, 15) is 13.6 Å². The number of fused-ring (bicyclic) bond motifs is 1. The zero-order valence-electron chi connectivity index (χ0n) is 16.0. The van der Waals surface area contributed by atoms with E-state index in [-0.39, 0.29) is 23.9 Å². The van der Waals surface area contributed by atoms with Crippen LogP contribution in [0.4, 0.5) is 14.6 Å². The molecule has 0 aliphatic carbocycles. The van der Waals surface area contributed by atoms with Crippen molar-refractivity contribution in [1.82, 2.24) is 20.3 Å². The number of aromatic nitrogens is 3. The van der Waals surface area contributed by atoms with Crippen LogP contribution in [0, 0.1) is 0 Å². The molecule has 1 amide bonds. The van der Waals surface area contributed by atoms with Gasteiger partial charge in [-0.1, -0.05) is 31.2 Å². The van der Waals surface area contributed by atoms with E-state index < -0.39 is 5.92 Å². The number of nitrogens with one attached hydrogen (secondary N) is 2. The van der Waals surface area contributed by atoms with Crippen LogP contribution in [0.2, 0.25) is 0 Å². The van der Waals surface area contributed by atoms with Crippen molar-refractivity contribution in [2.45, 2.75) is 38.2 Å². The maximum atomic E-state index is 13.9. The average molecular weight is 397 g/mol. The van der Waals surface area contributed by atoms with Gasteiger partial charge in [-0.05, 0) is 12.0 Å². The summed E-state index contributed by atoms with van der Waals surface area (Å²) in [5.41, 5.74) is 2.65. The summed E-state index contributed by atoms with van der Waals surface area (Å²) in [6.45, 7) is 2.08. The molecule has 0 radical (unpaired) electrons. The molecule has 1 atom stereocenters. The van der Waals surface area contributed by atoms with Gasteiger partial charge < -0.3 is 10.6 Å². The number of hydrogen-bond acceptors (Lipinski definition) is 5. The van der Waals surface area contributed by atoms with E-state index >= 15 is 0 Å². The van der Waals surface area contributed by atoms with Crippen molar-refractivity contribution in [2.24, 2.45) is 0 Å². The topological polar surface area (TPSA) is 79.8 Å². The molecular formula is C21H21F2N5O. The van der Waals surface area contributed by atoms with Crippen molar-refractivity contribution < 1.29 is 13.6 Å². The van der Waals surface area contributed by atoms with Crippen LogP contribution in [-0.2, 0) is 10.7 Å². The zero-order valence-corrected chi connectivity index (χ0v) is 16.0. The monoisotopic (exact) mass is 397 g/mol. The molecule has 2 N–H and O–H groups in total. The number of hydrogen-bond donors (Lipinski definition) is 2. The first-order valence-corrected chi connectivity index (χ1v) is 9.59. The summed E-state index contributed by atoms with van der Waals surface area (Å²) in [4.78, 5) is 25.0. The number of piperidine rings is 1. The van der Waals surface area contributed by atoms with Gasteiger partial charge in [-0.25, -0.2) is 18.7 Å². The maximum absolute atomic E-state index is 13.9. The molecule has 4 rings (SSSR count). The Morgan fingerprint density at radius 3 is 2.55 bits per heavy atom. The molecule has 3 heterocycles. The first-order valence-electron chi connectivity index (χ1n) is 9.59. The number of carbonyl (C=O) groups excluding carboxylic acids is 1. The van der Waals surface area contributed by atoms with Gasteiger partial charge in [0.2, 0.25) is 5.91 Å². The van der Waals surface area contributed by atoms with Gasteiger partial charge in [0.1, 0.15) is 11.0 Å². The van der Waals surface area contributed by atoms with Crippen molar-refractivity contribution in [3.8, 4) is 11.1 Å². The van der Waals surface area contributed by atoms with E-state index in [0.29, 0.717) is 35.4 Å². The van der Waals surface area contributed by atoms with Gasteiger partial charge in [0, 0.05) is 55.1 Å². The zero-order chi connectivity index (χ0) is 20.4. The van der Waals surface area contributed by atoms with Gasteiger partial charge in [0.05, 0.1) is 0 Å². The largest absolute Gasteiger partial charge is 0.365 e. The molecule has 0 bridgehead atoms. The predicted molar refractivity (Wildman–Crippen MR) is 107 cm³/mol. The smallest absolute Gasteiger partial charge is 0.273 e. The van der Waals surface area contributed by atoms with E-state index in [1.807, 2.05) is 0 Å². The molecule has 2 aromatic heterocycles. The number of carbonyl (C=O) groups is 1. The number of benzene rings is 1. The van der Waals surface area contributed by atoms with E-state index in [1.165, 1.54) is 19.1 Å². The Morgan fingerprint density at radius 1 is 1.14 bits per heavy atom. The first-order chi connectivity index (χ1) is 14.0. The molecule has 1 aliphatic rings. The van der Waals surface area contributed by atoms with Crippen LogP contribution in [0.3, 0.4) is 0 Å². The number of nitrogens with zero attached hydrogens (tertiary/aromatic N) is 3. The fourth-order valence-corrected chi connectivity index (χ4v) is 3.47. The minimum absolute atomic E-state index is 0.00438. The van der Waals surface area contributed by atoms with E-state index in [4.69, 9.17) is 0 Å². The summed E-state index contributed by atoms with van der Waals surface area (Å²) in [6.07, 6.45) is 5.75. The van der Waals surface area contributed by atoms with Crippen LogP contribution in [0.5, 0.6) is 0 Å². The Labute approximate surface area is 166 Å². The van der Waals surface area contributed by atoms with Gasteiger partial charge in [-0.15, -0.1) is 0 Å². The van der Waals surface area contributed by atoms with E-state index in [2.05, 4.69) is 25.6 Å². The molecule has 1 fully saturated rings. The van der Waals surface area contributed by atoms with Gasteiger partial charge in [-0.3, -0.25) is 9.78 Å². The average Bonchev–Trinajstić information content (AvgIpc) is 2.74. The molecule has 0 saturated carbocycles. The highest BCUT2D eigenvalue weighted by molar-refractivity contribution is 5.96. The fourth-order valence-electron chi connectivity index (χ4n) is 3.47. The van der Waals surface area contributed by atoms with Crippen LogP contribution in [-0.4, -0.2) is 33.4 Å². The molecule has 29 heavy (non-hydrogen) atoms. The van der Waals surface area contributed by atoms with Gasteiger partial charge >= 0.3 is 0 Å². The minimum Gasteiger partial charge on any atom is -0.365 e. The predicted octanol–water partition coefficient (Wildman–Crippen LogP) is 3.88. The molecule has 1 unspecified atom stereocenters. The Balaban J connectivity index is 1.69. The molecule has 8 heteroatoms. The van der Waals surface area contributed by atoms with Crippen LogP contribution in [0.1, 0.15) is 31.7 Å². The third-order valence-corrected chi connectivity index (χ3v) is 5.15. The van der Waals surface area contributed by atoms with Crippen molar-refractivity contribution in [1.29, 1.82) is 0 Å². The summed E-state index contributed by atoms with van der Waals surface area (Å²) in [5, 5.41) is 6.10. The lowest BCUT2D eigenvalue weighted by atomic mass is 10.0. The van der Waals surface area contributed by atoms with Crippen molar-refractivity contribution in [2.75, 3.05) is 11.9 Å². The lowest BCUT2D eigenvalue weighted by Crippen LogP contribution is -2.39. The molecule has 3 aromatic rings. The van der Waals surface area contributed by atoms with E-state index in [1.54, 1.807) is 30.7 Å². The first kappa shape index (κ1) is 19.2. The minimum atomic E-state index is -2.85. The van der Waals surface area contributed by atoms with E-state index in [0.717, 1.165) is 12.0 Å². The second kappa shape index (κ2) is 7.69. The third-order valence-electron chi connectivity index (χ3n) is 5.15. The van der Waals surface area contributed by atoms with Crippen LogP contribution < -0.4 is 10.6 Å². The van der Waals surface area contributed by atoms with Gasteiger partial charge in [-0.2, -0.15) is 0 Å². The molecule has 150 valence electrons. The third kappa shape index (κ3) is 3.87. The fraction of sp³-hybridized carbons (Fsp3) is 0.333. The number of alkyl halides is 2. The quantitative estimate of drug-likeness (QED) is 0.683. The van der Waals surface area contributed by atoms with Gasteiger partial charge in [0.15, 0.2) is 5.82 Å². The number of anilines is 1. The number of rotatable bonds is 5. The summed E-state index contributed by atoms with van der Waals surface area (Å²) in [6, 6.07) is 6.16. The van der Waals surface area contributed by atoms with Crippen LogP contribution >= 0.6 is 0 Å². The SMILES string of the molecule is CCC(F)(F)c1ccc(-c2cnc(NC3CCNC(=O)C3)c3nccnc23)cc1. The Bertz CT molecular complexity index is 1040. The van der Waals surface area contributed by atoms with Crippen molar-refractivity contribution in [3.05, 3.63) is 48.4 Å². The molecule has 1 saturated heterocycles. The van der Waals surface area contributed by atoms with Crippen molar-refractivity contribution in [3.63, 3.8) is 0 Å². The molecule has 0 spiro atoms. The summed E-state index contributed by atoms with van der Waals surface area (Å²) in [7, 11) is 0. The highest BCUT2D eigenvalue weighted by Crippen LogP contribution is 2.34. The number of halogens is 2. The lowest BCUT2D eigenvalue weighted by Gasteiger charge is -2.24. The Morgan fingerprint density at radius 2 is 1.86 bits per heavy atom. The standard InChI is InChI=1S/C21H21F2N5O/c1-2-21(22,23)14-5-3-13(4-6-14)16-12-27-20(19-18(16)25-9-10-26-19)28-15-7-8-24-17(29)11-15/h3-6,9-10,12,15H,2,7-8,11H2,1H3,(H,24,29)(H,27,28). The summed E-state index contributed by atoms with van der Waals surface area (Å²) >= 11 is 0. The number of pyridine rings is 1. The Kier molecular flexibility index (Phi) is 5.08. The molecular weight excluding hydrogens is 376 g/mol. The summed E-state index contributed by atoms with van der Waals surface area (Å²) in [5.74, 6) is -2.28. The molecule has 1 aliphatic heterocycles. The van der Waals surface area contributed by atoms with Crippen molar-refractivity contribution >= 4 is 22.8 Å². The van der Waals surface area contributed by atoms with Gasteiger partial charge in [0.25, 0.3) is 5.92 Å². The second-order valence-corrected chi connectivity index (χ2v) is 7.09. The second-order valence-electron chi connectivity index (χ2n) is 7.09. The highest BCUT2D eigenvalue weighted by Gasteiger charge is 2.28. The lowest BCUT2D eigenvalue weighted by molar-refractivity contribution is -0.122. The van der Waals surface area contributed by atoms with Crippen LogP contribution in [0.25, 0.3) is 22.2 Å². The maximum Gasteiger partial charge on any atom is 0.273 e. The highest BCUT2D eigenvalue weighted by atomic mass is 19.3. The summed E-state index contributed by atoms with van der Waals surface area (Å²) < 4.78 is 27.8.